The molecule has 8 rings (SSSR count). The molecule has 0 unspecified atom stereocenters. The number of pyridine rings is 1. The number of imidazole rings is 3. The lowest BCUT2D eigenvalue weighted by molar-refractivity contribution is -0.683. The Bertz CT molecular complexity index is 2950. The molecule has 8 heterocycles. The molecule has 0 N–H and O–H groups in total. The van der Waals surface area contributed by atoms with Gasteiger partial charge in [-0.1, -0.05) is 0 Å². The van der Waals surface area contributed by atoms with Crippen molar-refractivity contribution in [3.05, 3.63) is 171 Å². The lowest BCUT2D eigenvalue weighted by atomic mass is 10.0. The van der Waals surface area contributed by atoms with Crippen LogP contribution in [0.15, 0.2) is 0 Å². The topological polar surface area (TPSA) is 160 Å². The Kier molecular flexibility index (Phi) is 27.5. The van der Waals surface area contributed by atoms with E-state index in [0.717, 1.165) is 103 Å². The second-order valence-electron chi connectivity index (χ2n) is 21.1. The zero-order valence-electron chi connectivity index (χ0n) is 55.7. The molecule has 0 fully saturated rings. The van der Waals surface area contributed by atoms with Gasteiger partial charge in [0.25, 0.3) is 5.82 Å². The maximum Gasteiger partial charge on any atom is 0.253 e. The average Bonchev–Trinajstić information content (AvgIpc) is 3.82. The van der Waals surface area contributed by atoms with Crippen LogP contribution in [0.5, 0.6) is 0 Å². The highest BCUT2D eigenvalue weighted by Crippen LogP contribution is 2.17. The molecule has 15 heteroatoms. The number of hydrogen-bond donors (Lipinski definition) is 0. The van der Waals surface area contributed by atoms with Crippen LogP contribution < -0.4 is 4.57 Å². The molecule has 0 amide bonds. The third-order valence-corrected chi connectivity index (χ3v) is 15.9. The molecule has 0 radical (unpaired) electrons. The number of aromatic nitrogens is 15. The highest BCUT2D eigenvalue weighted by molar-refractivity contribution is 5.37. The molecule has 0 saturated carbocycles. The van der Waals surface area contributed by atoms with Gasteiger partial charge >= 0.3 is 0 Å². The first kappa shape index (κ1) is 70.1. The molecule has 79 heavy (non-hydrogen) atoms. The predicted molar refractivity (Wildman–Crippen MR) is 327 cm³/mol. The summed E-state index contributed by atoms with van der Waals surface area (Å²) in [5, 5.41) is 7.98. The minimum absolute atomic E-state index is 0.862. The van der Waals surface area contributed by atoms with Crippen LogP contribution >= 0.6 is 0 Å². The molecule has 0 saturated heterocycles. The van der Waals surface area contributed by atoms with Crippen LogP contribution in [0.1, 0.15) is 171 Å². The largest absolute Gasteiger partial charge is 0.335 e. The van der Waals surface area contributed by atoms with Crippen molar-refractivity contribution in [3.8, 4) is 0 Å². The van der Waals surface area contributed by atoms with E-state index in [1.807, 2.05) is 139 Å². The van der Waals surface area contributed by atoms with Crippen molar-refractivity contribution in [1.29, 1.82) is 0 Å². The predicted octanol–water partition coefficient (Wildman–Crippen LogP) is 12.9. The van der Waals surface area contributed by atoms with Gasteiger partial charge in [0.1, 0.15) is 34.7 Å². The number of aryl methyl sites for hydroxylation is 18. The van der Waals surface area contributed by atoms with Crippen molar-refractivity contribution in [3.63, 3.8) is 0 Å². The number of rotatable bonds is 0. The summed E-state index contributed by atoms with van der Waals surface area (Å²) in [4.78, 5) is 38.5. The van der Waals surface area contributed by atoms with Gasteiger partial charge in [0.2, 0.25) is 0 Å². The average molecular weight is 1080 g/mol. The molecule has 432 valence electrons. The molecule has 8 aromatic rings. The summed E-state index contributed by atoms with van der Waals surface area (Å²) in [7, 11) is 8.25. The van der Waals surface area contributed by atoms with Gasteiger partial charge in [0.15, 0.2) is 0 Å². The van der Waals surface area contributed by atoms with Crippen molar-refractivity contribution in [2.75, 3.05) is 0 Å². The molecular formula is C64H102N15+. The van der Waals surface area contributed by atoms with Crippen molar-refractivity contribution in [2.45, 2.75) is 208 Å². The second-order valence-corrected chi connectivity index (χ2v) is 21.1. The van der Waals surface area contributed by atoms with E-state index in [2.05, 4.69) is 171 Å². The van der Waals surface area contributed by atoms with E-state index in [9.17, 15) is 0 Å². The van der Waals surface area contributed by atoms with E-state index < -0.39 is 0 Å². The van der Waals surface area contributed by atoms with E-state index in [4.69, 9.17) is 0 Å². The Morgan fingerprint density at radius 2 is 0.494 bits per heavy atom. The Morgan fingerprint density at radius 3 is 0.684 bits per heavy atom. The van der Waals surface area contributed by atoms with Crippen LogP contribution in [0.2, 0.25) is 0 Å². The Labute approximate surface area is 477 Å². The van der Waals surface area contributed by atoms with E-state index in [-0.39, 0.29) is 0 Å². The van der Waals surface area contributed by atoms with E-state index in [1.165, 1.54) is 67.5 Å². The summed E-state index contributed by atoms with van der Waals surface area (Å²) in [5.41, 5.74) is 29.3. The maximum absolute atomic E-state index is 4.43. The molecule has 0 aromatic carbocycles. The van der Waals surface area contributed by atoms with Crippen LogP contribution in [0.4, 0.5) is 0 Å². The SMILES string of the molecule is Cc1c(C)[n+](C)c(C)n1C.Cc1nc(C)c(C)c(C)c1C.Cc1nc(C)c(C)c(C)n1.Cc1nc(C)c(C)c(C)n1.Cc1nc(C)c(C)nc1C.Cc1nc(C)n(C)c1C.Cc1nc(C)n(C)c1C.Cc1nnc(C)c(C)c1C. The molecule has 0 aliphatic heterocycles. The summed E-state index contributed by atoms with van der Waals surface area (Å²) in [6.45, 7) is 61.2. The third-order valence-electron chi connectivity index (χ3n) is 15.9. The third kappa shape index (κ3) is 20.1. The molecule has 15 nitrogen and oxygen atoms in total. The molecule has 0 aliphatic carbocycles. The summed E-state index contributed by atoms with van der Waals surface area (Å²) < 4.78 is 8.59. The second kappa shape index (κ2) is 31.0. The van der Waals surface area contributed by atoms with Gasteiger partial charge in [-0.25, -0.2) is 39.0 Å². The first-order valence-corrected chi connectivity index (χ1v) is 27.2. The number of hydrogen-bond acceptors (Lipinski definition) is 11. The fraction of sp³-hybridized carbons (Fsp3) is 0.531. The first-order valence-electron chi connectivity index (χ1n) is 27.2. The fourth-order valence-corrected chi connectivity index (χ4v) is 7.76. The quantitative estimate of drug-likeness (QED) is 0.133. The summed E-state index contributed by atoms with van der Waals surface area (Å²) in [6, 6.07) is 0. The summed E-state index contributed by atoms with van der Waals surface area (Å²) in [5.74, 6) is 5.20. The van der Waals surface area contributed by atoms with Gasteiger partial charge < -0.3 is 9.13 Å². The highest BCUT2D eigenvalue weighted by atomic mass is 15.1. The van der Waals surface area contributed by atoms with Crippen molar-refractivity contribution in [2.24, 2.45) is 28.2 Å². The zero-order chi connectivity index (χ0) is 61.4. The lowest BCUT2D eigenvalue weighted by Crippen LogP contribution is -2.32. The van der Waals surface area contributed by atoms with Crippen LogP contribution in [-0.2, 0) is 28.2 Å². The van der Waals surface area contributed by atoms with Crippen LogP contribution in [0, 0.1) is 208 Å². The lowest BCUT2D eigenvalue weighted by Gasteiger charge is -2.09. The standard InChI is InChI=1S/C10H15N.C8H15N2.4C8H12N2.2C7H12N2/c1-6-7(2)9(4)11-10(5)8(6)3;1-6-7(2)10(5)8(3)9(6)4;1-5-6(2)10-8(4)7(3)9-5;2*1-5-6(2)9-8(4)10-7(5)3;1-5-6(2)8(4)10-9-7(5)3;2*1-5-6(2)9(4)7(3)8-5/h1-5H3;1-5H3;4*1-4H3;2*1-4H3/q;+1;;;;;;. The zero-order valence-corrected chi connectivity index (χ0v) is 55.7. The van der Waals surface area contributed by atoms with Gasteiger partial charge in [-0.15, -0.1) is 0 Å². The number of nitrogens with zero attached hydrogens (tertiary/aromatic N) is 15. The molecule has 0 atom stereocenters. The molecule has 0 bridgehead atoms. The fourth-order valence-electron chi connectivity index (χ4n) is 7.76. The minimum Gasteiger partial charge on any atom is -0.335 e. The van der Waals surface area contributed by atoms with Gasteiger partial charge in [-0.05, 0) is 226 Å². The van der Waals surface area contributed by atoms with Gasteiger partial charge in [-0.2, -0.15) is 10.2 Å². The van der Waals surface area contributed by atoms with Crippen LogP contribution in [-0.4, -0.2) is 68.8 Å². The first-order chi connectivity index (χ1) is 36.3. The Morgan fingerprint density at radius 1 is 0.241 bits per heavy atom. The smallest absolute Gasteiger partial charge is 0.253 e. The van der Waals surface area contributed by atoms with Crippen LogP contribution in [0.3, 0.4) is 0 Å². The normalized spacial score (nSPS) is 10.2. The monoisotopic (exact) mass is 1080 g/mol. The molecular weight excluding hydrogens is 979 g/mol. The van der Waals surface area contributed by atoms with Crippen molar-refractivity contribution >= 4 is 0 Å². The van der Waals surface area contributed by atoms with Crippen molar-refractivity contribution < 1.29 is 4.57 Å². The molecule has 8 aromatic heterocycles. The van der Waals surface area contributed by atoms with Crippen LogP contribution in [0.25, 0.3) is 0 Å². The Hall–Kier alpha value is -6.90. The van der Waals surface area contributed by atoms with Gasteiger partial charge in [0.05, 0.1) is 59.6 Å². The van der Waals surface area contributed by atoms with E-state index >= 15 is 0 Å². The van der Waals surface area contributed by atoms with Gasteiger partial charge in [-0.3, -0.25) is 15.0 Å². The van der Waals surface area contributed by atoms with E-state index in [1.54, 1.807) is 0 Å². The Balaban J connectivity index is 0.000000452. The highest BCUT2D eigenvalue weighted by Gasteiger charge is 2.15. The molecule has 0 spiro atoms. The maximum atomic E-state index is 4.43. The minimum atomic E-state index is 0.862. The van der Waals surface area contributed by atoms with Crippen molar-refractivity contribution in [1.82, 2.24) is 68.8 Å². The summed E-state index contributed by atoms with van der Waals surface area (Å²) >= 11 is 0. The molecule has 0 aliphatic rings. The van der Waals surface area contributed by atoms with E-state index in [0.29, 0.717) is 0 Å². The summed E-state index contributed by atoms with van der Waals surface area (Å²) in [6.07, 6.45) is 0. The van der Waals surface area contributed by atoms with Gasteiger partial charge in [0, 0.05) is 80.4 Å².